The van der Waals surface area contributed by atoms with E-state index in [9.17, 15) is 0 Å². The van der Waals surface area contributed by atoms with Gasteiger partial charge in [0.25, 0.3) is 0 Å². The molecule has 0 saturated heterocycles. The fourth-order valence-corrected chi connectivity index (χ4v) is 1.30. The summed E-state index contributed by atoms with van der Waals surface area (Å²) < 4.78 is 0. The zero-order chi connectivity index (χ0) is 7.98. The number of hydrogen-bond acceptors (Lipinski definition) is 0. The van der Waals surface area contributed by atoms with Crippen molar-refractivity contribution in [1.29, 1.82) is 0 Å². The van der Waals surface area contributed by atoms with Gasteiger partial charge in [0.15, 0.2) is 0 Å². The topological polar surface area (TPSA) is 0 Å². The van der Waals surface area contributed by atoms with Crippen LogP contribution in [0.3, 0.4) is 0 Å². The fraction of sp³-hybridized carbons (Fsp3) is 1.00. The van der Waals surface area contributed by atoms with Crippen LogP contribution in [0.1, 0.15) is 39.5 Å². The Hall–Kier alpha value is 0.580. The van der Waals surface area contributed by atoms with Gasteiger partial charge in [0.2, 0.25) is 0 Å². The van der Waals surface area contributed by atoms with Crippen molar-refractivity contribution in [3.8, 4) is 0 Å². The van der Waals surface area contributed by atoms with Crippen molar-refractivity contribution < 1.29 is 0 Å². The van der Waals surface area contributed by atoms with Gasteiger partial charge in [-0.3, -0.25) is 0 Å². The van der Waals surface area contributed by atoms with Gasteiger partial charge in [-0.1, -0.05) is 26.7 Å². The first-order valence-corrected chi connectivity index (χ1v) is 4.82. The van der Waals surface area contributed by atoms with Crippen LogP contribution in [0.15, 0.2) is 0 Å². The van der Waals surface area contributed by atoms with Crippen LogP contribution >= 0.6 is 23.2 Å². The third-order valence-electron chi connectivity index (χ3n) is 1.66. The molecule has 0 saturated carbocycles. The zero-order valence-electron chi connectivity index (χ0n) is 6.74. The molecule has 0 aliphatic rings. The lowest BCUT2D eigenvalue weighted by molar-refractivity contribution is 0.477. The number of alkyl halides is 2. The van der Waals surface area contributed by atoms with E-state index in [1.54, 1.807) is 0 Å². The van der Waals surface area contributed by atoms with Crippen molar-refractivity contribution in [1.82, 2.24) is 0 Å². The molecule has 0 aliphatic carbocycles. The second kappa shape index (κ2) is 6.30. The highest BCUT2D eigenvalue weighted by Crippen LogP contribution is 2.17. The normalized spacial score (nSPS) is 14.1. The summed E-state index contributed by atoms with van der Waals surface area (Å²) >= 11 is 11.2. The van der Waals surface area contributed by atoms with E-state index in [0.717, 1.165) is 18.8 Å². The largest absolute Gasteiger partial charge is 0.107 e. The van der Waals surface area contributed by atoms with Crippen molar-refractivity contribution in [3.05, 3.63) is 0 Å². The van der Waals surface area contributed by atoms with E-state index < -0.39 is 0 Å². The molecule has 1 unspecified atom stereocenters. The van der Waals surface area contributed by atoms with Gasteiger partial charge in [0.05, 0.1) is 0 Å². The summed E-state index contributed by atoms with van der Waals surface area (Å²) in [5.74, 6) is 0.782. The Labute approximate surface area is 73.9 Å². The third kappa shape index (κ3) is 6.70. The van der Waals surface area contributed by atoms with Crippen LogP contribution in [0.2, 0.25) is 0 Å². The first kappa shape index (κ1) is 10.6. The predicted octanol–water partition coefficient (Wildman–Crippen LogP) is 4.01. The fourth-order valence-electron chi connectivity index (χ4n) is 1.05. The quantitative estimate of drug-likeness (QED) is 0.565. The maximum Gasteiger partial charge on any atom is 0.107 e. The molecule has 0 aromatic carbocycles. The molecule has 0 nitrogen and oxygen atoms in total. The molecule has 0 bridgehead atoms. The van der Waals surface area contributed by atoms with Gasteiger partial charge in [0, 0.05) is 0 Å². The number of rotatable bonds is 5. The first-order chi connectivity index (χ1) is 4.66. The molecular formula is C8H16Cl2. The van der Waals surface area contributed by atoms with E-state index in [2.05, 4.69) is 13.8 Å². The highest BCUT2D eigenvalue weighted by atomic mass is 35.5. The Morgan fingerprint density at radius 2 is 1.70 bits per heavy atom. The number of halogens is 2. The van der Waals surface area contributed by atoms with E-state index in [1.807, 2.05) is 0 Å². The third-order valence-corrected chi connectivity index (χ3v) is 2.10. The molecule has 0 amide bonds. The average molecular weight is 183 g/mol. The molecule has 1 atom stereocenters. The monoisotopic (exact) mass is 182 g/mol. The molecule has 62 valence electrons. The van der Waals surface area contributed by atoms with E-state index in [4.69, 9.17) is 23.2 Å². The Bertz CT molecular complexity index is 71.7. The van der Waals surface area contributed by atoms with E-state index >= 15 is 0 Å². The summed E-state index contributed by atoms with van der Waals surface area (Å²) in [6.45, 7) is 4.45. The molecule has 0 N–H and O–H groups in total. The van der Waals surface area contributed by atoms with Gasteiger partial charge in [-0.2, -0.15) is 0 Å². The summed E-state index contributed by atoms with van der Waals surface area (Å²) in [6, 6.07) is 0. The smallest absolute Gasteiger partial charge is 0.105 e. The van der Waals surface area contributed by atoms with E-state index in [1.165, 1.54) is 12.8 Å². The lowest BCUT2D eigenvalue weighted by Gasteiger charge is -2.08. The minimum atomic E-state index is -0.167. The van der Waals surface area contributed by atoms with Crippen molar-refractivity contribution in [2.75, 3.05) is 0 Å². The summed E-state index contributed by atoms with van der Waals surface area (Å²) in [4.78, 5) is -0.167. The van der Waals surface area contributed by atoms with E-state index in [-0.39, 0.29) is 4.84 Å². The molecule has 2 heteroatoms. The molecule has 0 rings (SSSR count). The minimum Gasteiger partial charge on any atom is -0.105 e. The highest BCUT2D eigenvalue weighted by molar-refractivity contribution is 6.44. The molecule has 0 aromatic rings. The van der Waals surface area contributed by atoms with Crippen LogP contribution < -0.4 is 0 Å². The van der Waals surface area contributed by atoms with Gasteiger partial charge in [-0.25, -0.2) is 0 Å². The molecule has 0 spiro atoms. The molecule has 10 heavy (non-hydrogen) atoms. The summed E-state index contributed by atoms with van der Waals surface area (Å²) in [5.41, 5.74) is 0. The van der Waals surface area contributed by atoms with Gasteiger partial charge >= 0.3 is 0 Å². The van der Waals surface area contributed by atoms with Gasteiger partial charge in [-0.05, 0) is 18.8 Å². The van der Waals surface area contributed by atoms with Crippen molar-refractivity contribution in [3.63, 3.8) is 0 Å². The van der Waals surface area contributed by atoms with Gasteiger partial charge < -0.3 is 0 Å². The van der Waals surface area contributed by atoms with Crippen LogP contribution in [-0.4, -0.2) is 4.84 Å². The maximum absolute atomic E-state index is 5.59. The van der Waals surface area contributed by atoms with Gasteiger partial charge in [0.1, 0.15) is 4.84 Å². The van der Waals surface area contributed by atoms with Crippen LogP contribution in [0.5, 0.6) is 0 Å². The molecule has 0 fully saturated rings. The predicted molar refractivity (Wildman–Crippen MR) is 48.8 cm³/mol. The van der Waals surface area contributed by atoms with Crippen LogP contribution in [-0.2, 0) is 0 Å². The maximum atomic E-state index is 5.59. The summed E-state index contributed by atoms with van der Waals surface area (Å²) in [5, 5.41) is 0. The molecule has 0 aliphatic heterocycles. The molecular weight excluding hydrogens is 167 g/mol. The summed E-state index contributed by atoms with van der Waals surface area (Å²) in [6.07, 6.45) is 4.65. The van der Waals surface area contributed by atoms with Crippen LogP contribution in [0.4, 0.5) is 0 Å². The van der Waals surface area contributed by atoms with E-state index in [0.29, 0.717) is 0 Å². The Morgan fingerprint density at radius 3 is 2.10 bits per heavy atom. The molecule has 0 aromatic heterocycles. The Morgan fingerprint density at radius 1 is 1.10 bits per heavy atom. The SMILES string of the molecule is CCCC(C)CCC(Cl)Cl. The van der Waals surface area contributed by atoms with Crippen LogP contribution in [0, 0.1) is 5.92 Å². The first-order valence-electron chi connectivity index (χ1n) is 3.95. The lowest BCUT2D eigenvalue weighted by atomic mass is 10.0. The Kier molecular flexibility index (Phi) is 6.67. The lowest BCUT2D eigenvalue weighted by Crippen LogP contribution is -1.96. The highest BCUT2D eigenvalue weighted by Gasteiger charge is 2.03. The average Bonchev–Trinajstić information content (AvgIpc) is 1.85. The van der Waals surface area contributed by atoms with Crippen molar-refractivity contribution in [2.45, 2.75) is 44.4 Å². The molecule has 0 heterocycles. The number of hydrogen-bond donors (Lipinski definition) is 0. The second-order valence-corrected chi connectivity index (χ2v) is 4.14. The van der Waals surface area contributed by atoms with Crippen molar-refractivity contribution >= 4 is 23.2 Å². The summed E-state index contributed by atoms with van der Waals surface area (Å²) in [7, 11) is 0. The van der Waals surface area contributed by atoms with Crippen molar-refractivity contribution in [2.24, 2.45) is 5.92 Å². The minimum absolute atomic E-state index is 0.167. The van der Waals surface area contributed by atoms with Gasteiger partial charge in [-0.15, -0.1) is 23.2 Å². The Balaban J connectivity index is 3.12. The standard InChI is InChI=1S/C8H16Cl2/c1-3-4-7(2)5-6-8(9)10/h7-8H,3-6H2,1-2H3. The molecule has 0 radical (unpaired) electrons. The van der Waals surface area contributed by atoms with Crippen LogP contribution in [0.25, 0.3) is 0 Å². The zero-order valence-corrected chi connectivity index (χ0v) is 8.25. The second-order valence-electron chi connectivity index (χ2n) is 2.86.